The van der Waals surface area contributed by atoms with Crippen molar-refractivity contribution < 1.29 is 8.42 Å². The second-order valence-corrected chi connectivity index (χ2v) is 7.19. The topological polar surface area (TPSA) is 61.2 Å². The van der Waals surface area contributed by atoms with Crippen molar-refractivity contribution in [3.63, 3.8) is 0 Å². The molecule has 0 saturated heterocycles. The van der Waals surface area contributed by atoms with Gasteiger partial charge in [-0.15, -0.1) is 0 Å². The molecular formula is C19H16N2O2S. The van der Waals surface area contributed by atoms with Crippen molar-refractivity contribution in [3.8, 4) is 6.07 Å². The minimum atomic E-state index is -3.74. The van der Waals surface area contributed by atoms with Gasteiger partial charge in [-0.1, -0.05) is 48.5 Å². The Kier molecular flexibility index (Phi) is 4.50. The zero-order valence-corrected chi connectivity index (χ0v) is 13.8. The maximum atomic E-state index is 13.1. The van der Waals surface area contributed by atoms with Gasteiger partial charge in [-0.2, -0.15) is 5.26 Å². The fourth-order valence-electron chi connectivity index (χ4n) is 2.59. The zero-order valence-electron chi connectivity index (χ0n) is 13.0. The predicted molar refractivity (Wildman–Crippen MR) is 95.2 cm³/mol. The Balaban J connectivity index is 2.08. The average molecular weight is 336 g/mol. The molecule has 0 aliphatic rings. The van der Waals surface area contributed by atoms with Crippen molar-refractivity contribution in [1.82, 2.24) is 0 Å². The number of hydrogen-bond donors (Lipinski definition) is 0. The number of hydrogen-bond acceptors (Lipinski definition) is 3. The lowest BCUT2D eigenvalue weighted by Crippen LogP contribution is -2.31. The van der Waals surface area contributed by atoms with Crippen LogP contribution in [0.5, 0.6) is 0 Å². The van der Waals surface area contributed by atoms with E-state index in [9.17, 15) is 8.42 Å². The van der Waals surface area contributed by atoms with E-state index in [0.717, 1.165) is 10.8 Å². The second kappa shape index (κ2) is 6.73. The summed E-state index contributed by atoms with van der Waals surface area (Å²) in [6, 6.07) is 23.6. The zero-order chi connectivity index (χ0) is 17.0. The summed E-state index contributed by atoms with van der Waals surface area (Å²) in [4.78, 5) is 0.225. The molecule has 3 aromatic carbocycles. The molecule has 3 aromatic rings. The quantitative estimate of drug-likeness (QED) is 0.709. The first kappa shape index (κ1) is 16.0. The fraction of sp³-hybridized carbons (Fsp3) is 0.105. The molecule has 0 heterocycles. The first-order chi connectivity index (χ1) is 11.6. The van der Waals surface area contributed by atoms with Gasteiger partial charge < -0.3 is 0 Å². The highest BCUT2D eigenvalue weighted by atomic mass is 32.2. The minimum absolute atomic E-state index is 0.121. The highest BCUT2D eigenvalue weighted by Crippen LogP contribution is 2.26. The molecule has 0 aliphatic heterocycles. The Labute approximate surface area is 141 Å². The van der Waals surface area contributed by atoms with E-state index in [0.29, 0.717) is 5.69 Å². The minimum Gasteiger partial charge on any atom is -0.265 e. The van der Waals surface area contributed by atoms with Crippen LogP contribution in [0.4, 0.5) is 5.69 Å². The molecule has 0 N–H and O–H groups in total. The van der Waals surface area contributed by atoms with Crippen LogP contribution in [0.25, 0.3) is 10.8 Å². The molecule has 0 aromatic heterocycles. The fourth-order valence-corrected chi connectivity index (χ4v) is 4.09. The van der Waals surface area contributed by atoms with Gasteiger partial charge in [-0.05, 0) is 35.0 Å². The number of sulfonamides is 1. The van der Waals surface area contributed by atoms with Crippen LogP contribution < -0.4 is 4.31 Å². The van der Waals surface area contributed by atoms with Gasteiger partial charge in [0.25, 0.3) is 10.0 Å². The van der Waals surface area contributed by atoms with Crippen molar-refractivity contribution in [1.29, 1.82) is 5.26 Å². The molecule has 0 saturated carbocycles. The third-order valence-corrected chi connectivity index (χ3v) is 5.60. The van der Waals surface area contributed by atoms with Crippen LogP contribution in [0, 0.1) is 11.3 Å². The van der Waals surface area contributed by atoms with Crippen molar-refractivity contribution in [2.24, 2.45) is 0 Å². The number of benzene rings is 3. The highest BCUT2D eigenvalue weighted by Gasteiger charge is 2.24. The molecule has 0 radical (unpaired) electrons. The molecule has 5 heteroatoms. The smallest absolute Gasteiger partial charge is 0.264 e. The van der Waals surface area contributed by atoms with Gasteiger partial charge in [0.15, 0.2) is 0 Å². The first-order valence-electron chi connectivity index (χ1n) is 7.56. The molecule has 0 aliphatic carbocycles. The van der Waals surface area contributed by atoms with Crippen molar-refractivity contribution >= 4 is 26.5 Å². The van der Waals surface area contributed by atoms with E-state index in [1.807, 2.05) is 36.4 Å². The summed E-state index contributed by atoms with van der Waals surface area (Å²) in [5.74, 6) is 0. The normalized spacial score (nSPS) is 11.1. The van der Waals surface area contributed by atoms with E-state index >= 15 is 0 Å². The molecule has 0 unspecified atom stereocenters. The Morgan fingerprint density at radius 1 is 0.875 bits per heavy atom. The lowest BCUT2D eigenvalue weighted by atomic mass is 10.1. The maximum Gasteiger partial charge on any atom is 0.264 e. The second-order valence-electron chi connectivity index (χ2n) is 5.33. The summed E-state index contributed by atoms with van der Waals surface area (Å²) in [6.07, 6.45) is 0.127. The number of nitrogens with zero attached hydrogens (tertiary/aromatic N) is 2. The summed E-state index contributed by atoms with van der Waals surface area (Å²) < 4.78 is 27.5. The number of nitriles is 1. The SMILES string of the molecule is N#CCCN(c1ccccc1)S(=O)(=O)c1ccc2ccccc2c1. The van der Waals surface area contributed by atoms with Crippen LogP contribution in [0.15, 0.2) is 77.7 Å². The molecule has 0 atom stereocenters. The van der Waals surface area contributed by atoms with E-state index in [4.69, 9.17) is 5.26 Å². The van der Waals surface area contributed by atoms with Crippen LogP contribution in [-0.4, -0.2) is 15.0 Å². The Hall–Kier alpha value is -2.84. The number of rotatable bonds is 5. The molecule has 0 bridgehead atoms. The third-order valence-electron chi connectivity index (χ3n) is 3.78. The van der Waals surface area contributed by atoms with Crippen LogP contribution in [0.1, 0.15) is 6.42 Å². The molecule has 0 spiro atoms. The number of fused-ring (bicyclic) bond motifs is 1. The van der Waals surface area contributed by atoms with Gasteiger partial charge >= 0.3 is 0 Å². The van der Waals surface area contributed by atoms with Crippen molar-refractivity contribution in [2.45, 2.75) is 11.3 Å². The van der Waals surface area contributed by atoms with Gasteiger partial charge in [-0.25, -0.2) is 8.42 Å². The van der Waals surface area contributed by atoms with Crippen LogP contribution >= 0.6 is 0 Å². The highest BCUT2D eigenvalue weighted by molar-refractivity contribution is 7.92. The van der Waals surface area contributed by atoms with E-state index in [-0.39, 0.29) is 17.9 Å². The Bertz CT molecular complexity index is 993. The van der Waals surface area contributed by atoms with Gasteiger partial charge in [0.05, 0.1) is 23.1 Å². The Morgan fingerprint density at radius 3 is 2.25 bits per heavy atom. The van der Waals surface area contributed by atoms with Crippen molar-refractivity contribution in [2.75, 3.05) is 10.8 Å². The molecule has 4 nitrogen and oxygen atoms in total. The summed E-state index contributed by atoms with van der Waals surface area (Å²) in [5, 5.41) is 10.7. The van der Waals surface area contributed by atoms with Gasteiger partial charge in [-0.3, -0.25) is 4.31 Å². The van der Waals surface area contributed by atoms with Gasteiger partial charge in [0.1, 0.15) is 0 Å². The number of anilines is 1. The van der Waals surface area contributed by atoms with Crippen LogP contribution in [-0.2, 0) is 10.0 Å². The monoisotopic (exact) mass is 336 g/mol. The molecule has 0 amide bonds. The van der Waals surface area contributed by atoms with E-state index in [2.05, 4.69) is 0 Å². The average Bonchev–Trinajstić information content (AvgIpc) is 2.62. The lowest BCUT2D eigenvalue weighted by Gasteiger charge is -2.23. The Morgan fingerprint density at radius 2 is 1.54 bits per heavy atom. The standard InChI is InChI=1S/C19H16N2O2S/c20-13-6-14-21(18-9-2-1-3-10-18)24(22,23)19-12-11-16-7-4-5-8-17(16)15-19/h1-5,7-12,15H,6,14H2. The summed E-state index contributed by atoms with van der Waals surface area (Å²) in [6.45, 7) is 0.121. The lowest BCUT2D eigenvalue weighted by molar-refractivity contribution is 0.591. The maximum absolute atomic E-state index is 13.1. The van der Waals surface area contributed by atoms with Crippen LogP contribution in [0.2, 0.25) is 0 Å². The van der Waals surface area contributed by atoms with Gasteiger partial charge in [0.2, 0.25) is 0 Å². The first-order valence-corrected chi connectivity index (χ1v) is 9.00. The largest absolute Gasteiger partial charge is 0.265 e. The van der Waals surface area contributed by atoms with Gasteiger partial charge in [0, 0.05) is 6.54 Å². The number of para-hydroxylation sites is 1. The molecular weight excluding hydrogens is 320 g/mol. The summed E-state index contributed by atoms with van der Waals surface area (Å²) in [7, 11) is -3.74. The summed E-state index contributed by atoms with van der Waals surface area (Å²) >= 11 is 0. The third kappa shape index (κ3) is 3.10. The summed E-state index contributed by atoms with van der Waals surface area (Å²) in [5.41, 5.74) is 0.556. The van der Waals surface area contributed by atoms with E-state index < -0.39 is 10.0 Å². The van der Waals surface area contributed by atoms with E-state index in [1.54, 1.807) is 42.5 Å². The molecule has 24 heavy (non-hydrogen) atoms. The molecule has 3 rings (SSSR count). The van der Waals surface area contributed by atoms with E-state index in [1.165, 1.54) is 4.31 Å². The molecule has 120 valence electrons. The van der Waals surface area contributed by atoms with Crippen LogP contribution in [0.3, 0.4) is 0 Å². The van der Waals surface area contributed by atoms with Crippen molar-refractivity contribution in [3.05, 3.63) is 72.8 Å². The predicted octanol–water partition coefficient (Wildman–Crippen LogP) is 3.95. The molecule has 0 fully saturated rings.